The van der Waals surface area contributed by atoms with Crippen LogP contribution in [0.4, 0.5) is 8.78 Å². The Hall–Kier alpha value is -1.93. The summed E-state index contributed by atoms with van der Waals surface area (Å²) in [6.07, 6.45) is 2.32. The first kappa shape index (κ1) is 22.4. The van der Waals surface area contributed by atoms with Crippen molar-refractivity contribution in [3.63, 3.8) is 0 Å². The fourth-order valence-electron chi connectivity index (χ4n) is 2.63. The van der Waals surface area contributed by atoms with Crippen LogP contribution in [0.3, 0.4) is 0 Å². The van der Waals surface area contributed by atoms with E-state index in [4.69, 9.17) is 0 Å². The molecule has 0 saturated carbocycles. The van der Waals surface area contributed by atoms with Crippen molar-refractivity contribution in [2.24, 2.45) is 0 Å². The van der Waals surface area contributed by atoms with Crippen LogP contribution < -0.4 is 10.6 Å². The van der Waals surface area contributed by atoms with Gasteiger partial charge in [-0.05, 0) is 59.5 Å². The fourth-order valence-corrected chi connectivity index (χ4v) is 3.57. The van der Waals surface area contributed by atoms with Gasteiger partial charge in [0.1, 0.15) is 17.7 Å². The average molecular weight is 471 g/mol. The first-order chi connectivity index (χ1) is 13.3. The van der Waals surface area contributed by atoms with Gasteiger partial charge in [0.15, 0.2) is 0 Å². The van der Waals surface area contributed by atoms with E-state index < -0.39 is 29.6 Å². The van der Waals surface area contributed by atoms with Crippen molar-refractivity contribution >= 4 is 39.5 Å². The van der Waals surface area contributed by atoms with Crippen LogP contribution in [0.1, 0.15) is 35.3 Å². The summed E-state index contributed by atoms with van der Waals surface area (Å²) >= 11 is 4.87. The maximum absolute atomic E-state index is 14.0. The largest absolute Gasteiger partial charge is 0.348 e. The summed E-state index contributed by atoms with van der Waals surface area (Å²) in [5.74, 6) is -1.56. The standard InChI is InChI=1S/C20H21BrF2N2O2S/c1-12(14-8-7-13(22)11-17(14)23)24-20(27)18(9-10-28-2)25-19(26)15-5-3-4-6-16(15)21/h3-8,11-12,18H,9-10H2,1-2H3,(H,24,27)(H,25,26). The molecule has 2 rings (SSSR count). The predicted molar refractivity (Wildman–Crippen MR) is 111 cm³/mol. The van der Waals surface area contributed by atoms with Gasteiger partial charge in [-0.15, -0.1) is 0 Å². The smallest absolute Gasteiger partial charge is 0.253 e. The Labute approximate surface area is 175 Å². The predicted octanol–water partition coefficient (Wildman–Crippen LogP) is 4.46. The van der Waals surface area contributed by atoms with Gasteiger partial charge in [-0.3, -0.25) is 9.59 Å². The van der Waals surface area contributed by atoms with Gasteiger partial charge in [0.05, 0.1) is 11.6 Å². The third-order valence-electron chi connectivity index (χ3n) is 4.14. The number of hydrogen-bond donors (Lipinski definition) is 2. The number of nitrogens with one attached hydrogen (secondary N) is 2. The number of benzene rings is 2. The summed E-state index contributed by atoms with van der Waals surface area (Å²) in [7, 11) is 0. The van der Waals surface area contributed by atoms with E-state index in [2.05, 4.69) is 26.6 Å². The van der Waals surface area contributed by atoms with Crippen molar-refractivity contribution in [3.05, 3.63) is 69.7 Å². The third kappa shape index (κ3) is 6.04. The van der Waals surface area contributed by atoms with Crippen LogP contribution in [0, 0.1) is 11.6 Å². The summed E-state index contributed by atoms with van der Waals surface area (Å²) < 4.78 is 27.7. The summed E-state index contributed by atoms with van der Waals surface area (Å²) in [6, 6.07) is 8.67. The average Bonchev–Trinajstić information content (AvgIpc) is 2.65. The van der Waals surface area contributed by atoms with E-state index >= 15 is 0 Å². The van der Waals surface area contributed by atoms with Gasteiger partial charge in [0.2, 0.25) is 5.91 Å². The Balaban J connectivity index is 2.11. The van der Waals surface area contributed by atoms with E-state index in [1.54, 1.807) is 43.0 Å². The number of hydrogen-bond acceptors (Lipinski definition) is 3. The molecule has 0 spiro atoms. The lowest BCUT2D eigenvalue weighted by molar-refractivity contribution is -0.123. The second kappa shape index (κ2) is 10.6. The summed E-state index contributed by atoms with van der Waals surface area (Å²) in [5, 5.41) is 5.44. The molecule has 0 aliphatic rings. The zero-order chi connectivity index (χ0) is 20.7. The van der Waals surface area contributed by atoms with Crippen LogP contribution in [-0.4, -0.2) is 29.9 Å². The van der Waals surface area contributed by atoms with Crippen molar-refractivity contribution in [3.8, 4) is 0 Å². The van der Waals surface area contributed by atoms with E-state index in [1.807, 2.05) is 6.26 Å². The Morgan fingerprint density at radius 3 is 2.50 bits per heavy atom. The highest BCUT2D eigenvalue weighted by Crippen LogP contribution is 2.19. The molecular formula is C20H21BrF2N2O2S. The maximum Gasteiger partial charge on any atom is 0.253 e. The minimum atomic E-state index is -0.780. The highest BCUT2D eigenvalue weighted by atomic mass is 79.9. The number of rotatable bonds is 8. The number of thioether (sulfide) groups is 1. The number of amides is 2. The molecule has 4 nitrogen and oxygen atoms in total. The van der Waals surface area contributed by atoms with Gasteiger partial charge >= 0.3 is 0 Å². The molecule has 8 heteroatoms. The summed E-state index contributed by atoms with van der Waals surface area (Å²) in [4.78, 5) is 25.3. The van der Waals surface area contributed by atoms with Crippen LogP contribution in [0.5, 0.6) is 0 Å². The third-order valence-corrected chi connectivity index (χ3v) is 5.47. The zero-order valence-electron chi connectivity index (χ0n) is 15.5. The lowest BCUT2D eigenvalue weighted by atomic mass is 10.1. The number of carbonyl (C=O) groups excluding carboxylic acids is 2. The van der Waals surface area contributed by atoms with Crippen LogP contribution in [0.25, 0.3) is 0 Å². The molecule has 0 saturated heterocycles. The quantitative estimate of drug-likeness (QED) is 0.598. The molecule has 2 atom stereocenters. The number of carbonyl (C=O) groups is 2. The molecule has 2 aromatic rings. The first-order valence-corrected chi connectivity index (χ1v) is 10.8. The molecular weight excluding hydrogens is 450 g/mol. The Morgan fingerprint density at radius 1 is 1.14 bits per heavy atom. The van der Waals surface area contributed by atoms with Gasteiger partial charge < -0.3 is 10.6 Å². The van der Waals surface area contributed by atoms with E-state index in [1.165, 1.54) is 6.07 Å². The van der Waals surface area contributed by atoms with Crippen LogP contribution in [0.15, 0.2) is 46.9 Å². The lowest BCUT2D eigenvalue weighted by Gasteiger charge is -2.22. The van der Waals surface area contributed by atoms with Crippen molar-refractivity contribution in [1.82, 2.24) is 10.6 Å². The summed E-state index contributed by atoms with van der Waals surface area (Å²) in [6.45, 7) is 1.61. The topological polar surface area (TPSA) is 58.2 Å². The van der Waals surface area contributed by atoms with Crippen molar-refractivity contribution in [1.29, 1.82) is 0 Å². The SMILES string of the molecule is CSCCC(NC(=O)c1ccccc1Br)C(=O)NC(C)c1ccc(F)cc1F. The molecule has 0 aliphatic heterocycles. The summed E-state index contributed by atoms with van der Waals surface area (Å²) in [5.41, 5.74) is 0.595. The minimum Gasteiger partial charge on any atom is -0.348 e. The van der Waals surface area contributed by atoms with Gasteiger partial charge in [0, 0.05) is 16.1 Å². The molecule has 2 amide bonds. The molecule has 150 valence electrons. The molecule has 0 aromatic heterocycles. The zero-order valence-corrected chi connectivity index (χ0v) is 17.9. The van der Waals surface area contributed by atoms with Crippen LogP contribution in [0.2, 0.25) is 0 Å². The fraction of sp³-hybridized carbons (Fsp3) is 0.300. The minimum absolute atomic E-state index is 0.176. The molecule has 0 bridgehead atoms. The second-order valence-corrected chi connectivity index (χ2v) is 8.02. The Morgan fingerprint density at radius 2 is 1.86 bits per heavy atom. The molecule has 0 aliphatic carbocycles. The highest BCUT2D eigenvalue weighted by molar-refractivity contribution is 9.10. The van der Waals surface area contributed by atoms with Gasteiger partial charge in [-0.2, -0.15) is 11.8 Å². The monoisotopic (exact) mass is 470 g/mol. The van der Waals surface area contributed by atoms with Crippen molar-refractivity contribution in [2.45, 2.75) is 25.4 Å². The maximum atomic E-state index is 14.0. The van der Waals surface area contributed by atoms with Gasteiger partial charge in [0.25, 0.3) is 5.91 Å². The molecule has 0 fully saturated rings. The van der Waals surface area contributed by atoms with Gasteiger partial charge in [-0.1, -0.05) is 18.2 Å². The Bertz CT molecular complexity index is 851. The first-order valence-electron chi connectivity index (χ1n) is 8.63. The molecule has 2 aromatic carbocycles. The van der Waals surface area contributed by atoms with Crippen LogP contribution in [-0.2, 0) is 4.79 Å². The Kier molecular flexibility index (Phi) is 8.44. The molecule has 28 heavy (non-hydrogen) atoms. The van der Waals surface area contributed by atoms with E-state index in [9.17, 15) is 18.4 Å². The van der Waals surface area contributed by atoms with E-state index in [-0.39, 0.29) is 11.5 Å². The van der Waals surface area contributed by atoms with Gasteiger partial charge in [-0.25, -0.2) is 8.78 Å². The van der Waals surface area contributed by atoms with E-state index in [0.717, 1.165) is 12.1 Å². The second-order valence-electron chi connectivity index (χ2n) is 6.18. The molecule has 2 N–H and O–H groups in total. The molecule has 0 heterocycles. The van der Waals surface area contributed by atoms with Crippen molar-refractivity contribution in [2.75, 3.05) is 12.0 Å². The molecule has 2 unspecified atom stereocenters. The number of halogens is 3. The van der Waals surface area contributed by atoms with Crippen molar-refractivity contribution < 1.29 is 18.4 Å². The molecule has 0 radical (unpaired) electrons. The van der Waals surface area contributed by atoms with Crippen LogP contribution >= 0.6 is 27.7 Å². The lowest BCUT2D eigenvalue weighted by Crippen LogP contribution is -2.47. The highest BCUT2D eigenvalue weighted by Gasteiger charge is 2.24. The normalized spacial score (nSPS) is 12.9. The van der Waals surface area contributed by atoms with E-state index in [0.29, 0.717) is 22.2 Å².